The molecule has 2 N–H and O–H groups in total. The predicted molar refractivity (Wildman–Crippen MR) is 89.0 cm³/mol. The SMILES string of the molecule is O=C(O)C1CCN(C(=O)NCc2cccc(N3CCOCC3)c2)C1. The van der Waals surface area contributed by atoms with E-state index < -0.39 is 11.9 Å². The number of nitrogens with one attached hydrogen (secondary N) is 1. The maximum absolute atomic E-state index is 12.2. The molecule has 1 aromatic rings. The summed E-state index contributed by atoms with van der Waals surface area (Å²) in [6, 6.07) is 7.91. The number of benzene rings is 1. The van der Waals surface area contributed by atoms with E-state index in [1.54, 1.807) is 4.90 Å². The fourth-order valence-corrected chi connectivity index (χ4v) is 3.12. The first-order valence-corrected chi connectivity index (χ1v) is 8.30. The molecule has 0 radical (unpaired) electrons. The second kappa shape index (κ2) is 7.53. The fraction of sp³-hybridized carbons (Fsp3) is 0.529. The van der Waals surface area contributed by atoms with Gasteiger partial charge in [-0.05, 0) is 24.1 Å². The Morgan fingerprint density at radius 1 is 1.25 bits per heavy atom. The van der Waals surface area contributed by atoms with Gasteiger partial charge in [0.2, 0.25) is 0 Å². The summed E-state index contributed by atoms with van der Waals surface area (Å²) in [6.45, 7) is 4.44. The van der Waals surface area contributed by atoms with Crippen molar-refractivity contribution in [3.63, 3.8) is 0 Å². The van der Waals surface area contributed by atoms with Gasteiger partial charge in [0.25, 0.3) is 0 Å². The standard InChI is InChI=1S/C17H23N3O4/c21-16(22)14-4-5-20(12-14)17(23)18-11-13-2-1-3-15(10-13)19-6-8-24-9-7-19/h1-3,10,14H,4-9,11-12H2,(H,18,23)(H,21,22). The summed E-state index contributed by atoms with van der Waals surface area (Å²) in [6.07, 6.45) is 0.523. The van der Waals surface area contributed by atoms with E-state index in [-0.39, 0.29) is 12.6 Å². The summed E-state index contributed by atoms with van der Waals surface area (Å²) in [4.78, 5) is 27.0. The number of carbonyl (C=O) groups is 2. The third-order valence-corrected chi connectivity index (χ3v) is 4.56. The van der Waals surface area contributed by atoms with E-state index in [9.17, 15) is 9.59 Å². The first-order chi connectivity index (χ1) is 11.6. The normalized spacial score (nSPS) is 20.9. The van der Waals surface area contributed by atoms with Crippen LogP contribution >= 0.6 is 0 Å². The van der Waals surface area contributed by atoms with Gasteiger partial charge in [0.1, 0.15) is 0 Å². The summed E-state index contributed by atoms with van der Waals surface area (Å²) in [5, 5.41) is 11.9. The topological polar surface area (TPSA) is 82.1 Å². The molecule has 1 unspecified atom stereocenters. The van der Waals surface area contributed by atoms with Crippen LogP contribution in [0.5, 0.6) is 0 Å². The highest BCUT2D eigenvalue weighted by Crippen LogP contribution is 2.18. The Kier molecular flexibility index (Phi) is 5.20. The van der Waals surface area contributed by atoms with Crippen LogP contribution < -0.4 is 10.2 Å². The molecule has 0 spiro atoms. The van der Waals surface area contributed by atoms with Crippen LogP contribution in [0.25, 0.3) is 0 Å². The number of carboxylic acids is 1. The zero-order valence-corrected chi connectivity index (χ0v) is 13.6. The molecule has 1 aromatic carbocycles. The molecule has 7 nitrogen and oxygen atoms in total. The van der Waals surface area contributed by atoms with Crippen molar-refractivity contribution in [2.45, 2.75) is 13.0 Å². The van der Waals surface area contributed by atoms with Crippen LogP contribution in [0.4, 0.5) is 10.5 Å². The van der Waals surface area contributed by atoms with Crippen molar-refractivity contribution in [3.05, 3.63) is 29.8 Å². The molecule has 0 aliphatic carbocycles. The Morgan fingerprint density at radius 2 is 2.04 bits per heavy atom. The van der Waals surface area contributed by atoms with Crippen LogP contribution in [0.3, 0.4) is 0 Å². The van der Waals surface area contributed by atoms with Gasteiger partial charge in [0, 0.05) is 38.4 Å². The molecule has 2 amide bonds. The number of hydrogen-bond donors (Lipinski definition) is 2. The molecule has 2 saturated heterocycles. The van der Waals surface area contributed by atoms with Crippen LogP contribution in [0.15, 0.2) is 24.3 Å². The summed E-state index contributed by atoms with van der Waals surface area (Å²) >= 11 is 0. The molecule has 2 fully saturated rings. The molecular formula is C17H23N3O4. The number of amides is 2. The maximum atomic E-state index is 12.2. The van der Waals surface area contributed by atoms with E-state index in [0.717, 1.165) is 37.6 Å². The molecule has 7 heteroatoms. The number of ether oxygens (including phenoxy) is 1. The Bertz CT molecular complexity index is 601. The molecule has 0 saturated carbocycles. The number of nitrogens with zero attached hydrogens (tertiary/aromatic N) is 2. The van der Waals surface area contributed by atoms with Gasteiger partial charge in [0.05, 0.1) is 19.1 Å². The molecule has 24 heavy (non-hydrogen) atoms. The minimum atomic E-state index is -0.830. The van der Waals surface area contributed by atoms with E-state index in [0.29, 0.717) is 19.5 Å². The zero-order chi connectivity index (χ0) is 16.9. The number of carboxylic acid groups (broad SMARTS) is 1. The third kappa shape index (κ3) is 3.97. The summed E-state index contributed by atoms with van der Waals surface area (Å²) < 4.78 is 5.37. The second-order valence-corrected chi connectivity index (χ2v) is 6.20. The van der Waals surface area contributed by atoms with Crippen molar-refractivity contribution in [1.82, 2.24) is 10.2 Å². The number of hydrogen-bond acceptors (Lipinski definition) is 4. The van der Waals surface area contributed by atoms with Crippen molar-refractivity contribution in [1.29, 1.82) is 0 Å². The van der Waals surface area contributed by atoms with Gasteiger partial charge in [-0.2, -0.15) is 0 Å². The average Bonchev–Trinajstić information content (AvgIpc) is 3.11. The highest BCUT2D eigenvalue weighted by molar-refractivity contribution is 5.77. The minimum absolute atomic E-state index is 0.199. The lowest BCUT2D eigenvalue weighted by Crippen LogP contribution is -2.38. The number of aliphatic carboxylic acids is 1. The number of urea groups is 1. The predicted octanol–water partition coefficient (Wildman–Crippen LogP) is 1.14. The smallest absolute Gasteiger partial charge is 0.317 e. The van der Waals surface area contributed by atoms with Gasteiger partial charge >= 0.3 is 12.0 Å². The molecule has 0 bridgehead atoms. The largest absolute Gasteiger partial charge is 0.481 e. The lowest BCUT2D eigenvalue weighted by atomic mass is 10.1. The van der Waals surface area contributed by atoms with Crippen molar-refractivity contribution < 1.29 is 19.4 Å². The van der Waals surface area contributed by atoms with Crippen molar-refractivity contribution in [2.75, 3.05) is 44.3 Å². The van der Waals surface area contributed by atoms with E-state index >= 15 is 0 Å². The molecule has 2 aliphatic heterocycles. The van der Waals surface area contributed by atoms with Gasteiger partial charge in [-0.3, -0.25) is 4.79 Å². The van der Waals surface area contributed by atoms with E-state index in [4.69, 9.17) is 9.84 Å². The third-order valence-electron chi connectivity index (χ3n) is 4.56. The molecule has 0 aromatic heterocycles. The Balaban J connectivity index is 1.53. The quantitative estimate of drug-likeness (QED) is 0.863. The first kappa shape index (κ1) is 16.6. The summed E-state index contributed by atoms with van der Waals surface area (Å²) in [5.41, 5.74) is 2.17. The highest BCUT2D eigenvalue weighted by atomic mass is 16.5. The van der Waals surface area contributed by atoms with Gasteiger partial charge < -0.3 is 25.0 Å². The number of morpholine rings is 1. The number of carbonyl (C=O) groups excluding carboxylic acids is 1. The minimum Gasteiger partial charge on any atom is -0.481 e. The monoisotopic (exact) mass is 333 g/mol. The lowest BCUT2D eigenvalue weighted by molar-refractivity contribution is -0.141. The molecule has 2 heterocycles. The number of likely N-dealkylation sites (tertiary alicyclic amines) is 1. The fourth-order valence-electron chi connectivity index (χ4n) is 3.12. The van der Waals surface area contributed by atoms with Crippen LogP contribution in [-0.2, 0) is 16.1 Å². The van der Waals surface area contributed by atoms with Crippen molar-refractivity contribution >= 4 is 17.7 Å². The molecule has 130 valence electrons. The van der Waals surface area contributed by atoms with Crippen LogP contribution in [0, 0.1) is 5.92 Å². The lowest BCUT2D eigenvalue weighted by Gasteiger charge is -2.29. The molecular weight excluding hydrogens is 310 g/mol. The maximum Gasteiger partial charge on any atom is 0.317 e. The molecule has 2 aliphatic rings. The van der Waals surface area contributed by atoms with Gasteiger partial charge in [-0.15, -0.1) is 0 Å². The van der Waals surface area contributed by atoms with Crippen molar-refractivity contribution in [3.8, 4) is 0 Å². The van der Waals surface area contributed by atoms with Gasteiger partial charge in [-0.25, -0.2) is 4.79 Å². The van der Waals surface area contributed by atoms with Crippen LogP contribution in [-0.4, -0.2) is 61.4 Å². The van der Waals surface area contributed by atoms with Gasteiger partial charge in [-0.1, -0.05) is 12.1 Å². The van der Waals surface area contributed by atoms with E-state index in [1.807, 2.05) is 12.1 Å². The number of rotatable bonds is 4. The number of anilines is 1. The Labute approximate surface area is 141 Å². The zero-order valence-electron chi connectivity index (χ0n) is 13.6. The second-order valence-electron chi connectivity index (χ2n) is 6.20. The van der Waals surface area contributed by atoms with E-state index in [2.05, 4.69) is 22.3 Å². The molecule has 3 rings (SSSR count). The van der Waals surface area contributed by atoms with Crippen molar-refractivity contribution in [2.24, 2.45) is 5.92 Å². The first-order valence-electron chi connectivity index (χ1n) is 8.30. The van der Waals surface area contributed by atoms with Gasteiger partial charge in [0.15, 0.2) is 0 Å². The van der Waals surface area contributed by atoms with E-state index in [1.165, 1.54) is 0 Å². The van der Waals surface area contributed by atoms with Crippen LogP contribution in [0.1, 0.15) is 12.0 Å². The average molecular weight is 333 g/mol. The Hall–Kier alpha value is -2.28. The van der Waals surface area contributed by atoms with Crippen LogP contribution in [0.2, 0.25) is 0 Å². The highest BCUT2D eigenvalue weighted by Gasteiger charge is 2.30. The molecule has 1 atom stereocenters. The summed E-state index contributed by atoms with van der Waals surface area (Å²) in [7, 11) is 0. The summed E-state index contributed by atoms with van der Waals surface area (Å²) in [5.74, 6) is -1.27. The Morgan fingerprint density at radius 3 is 2.75 bits per heavy atom.